The van der Waals surface area contributed by atoms with Crippen molar-refractivity contribution in [2.45, 2.75) is 17.9 Å². The van der Waals surface area contributed by atoms with E-state index in [0.29, 0.717) is 29.4 Å². The van der Waals surface area contributed by atoms with Crippen molar-refractivity contribution in [1.82, 2.24) is 19.7 Å². The Morgan fingerprint density at radius 1 is 1.31 bits per heavy atom. The van der Waals surface area contributed by atoms with Gasteiger partial charge in [-0.05, 0) is 65.1 Å². The monoisotopic (exact) mass is 481 g/mol. The minimum atomic E-state index is -0.903. The maximum absolute atomic E-state index is 11.4. The number of nitrogens with two attached hydrogens (primary N) is 1. The molecule has 0 saturated heterocycles. The summed E-state index contributed by atoms with van der Waals surface area (Å²) in [6, 6.07) is 10.9. The van der Waals surface area contributed by atoms with E-state index in [1.807, 2.05) is 28.8 Å². The molecule has 3 aromatic rings. The van der Waals surface area contributed by atoms with Gasteiger partial charge in [0.1, 0.15) is 17.8 Å². The number of hydrogen-bond donors (Lipinski definition) is 2. The maximum atomic E-state index is 11.4. The molecule has 26 heavy (non-hydrogen) atoms. The molecule has 0 saturated carbocycles. The second-order valence-corrected chi connectivity index (χ2v) is 7.83. The standard InChI is InChI=1S/C17H16IN5O2S/c18-11-5-6-14(12(9-11)17(24)25)26-8-2-7-23-10-20-22-16(23)13-3-1-4-15(19)21-13/h1,3-6,9-10H,2,7-8H2,(H2,19,21)(H,24,25). The van der Waals surface area contributed by atoms with E-state index in [-0.39, 0.29) is 0 Å². The number of aromatic nitrogens is 4. The van der Waals surface area contributed by atoms with Gasteiger partial charge in [0.2, 0.25) is 0 Å². The zero-order valence-corrected chi connectivity index (χ0v) is 16.6. The molecule has 7 nitrogen and oxygen atoms in total. The lowest BCUT2D eigenvalue weighted by molar-refractivity contribution is 0.0693. The Hall–Kier alpha value is -2.14. The van der Waals surface area contributed by atoms with Crippen molar-refractivity contribution < 1.29 is 9.90 Å². The molecule has 0 aliphatic heterocycles. The molecule has 0 fully saturated rings. The van der Waals surface area contributed by atoms with Crippen molar-refractivity contribution in [2.75, 3.05) is 11.5 Å². The van der Waals surface area contributed by atoms with Crippen molar-refractivity contribution in [3.05, 3.63) is 51.9 Å². The van der Waals surface area contributed by atoms with Crippen molar-refractivity contribution >= 4 is 46.1 Å². The lowest BCUT2D eigenvalue weighted by Crippen LogP contribution is -2.03. The number of nitrogens with zero attached hydrogens (tertiary/aromatic N) is 4. The Morgan fingerprint density at radius 2 is 2.15 bits per heavy atom. The molecule has 2 aromatic heterocycles. The Bertz CT molecular complexity index is 931. The van der Waals surface area contributed by atoms with Gasteiger partial charge >= 0.3 is 5.97 Å². The summed E-state index contributed by atoms with van der Waals surface area (Å²) in [7, 11) is 0. The highest BCUT2D eigenvalue weighted by atomic mass is 127. The fourth-order valence-electron chi connectivity index (χ4n) is 2.41. The van der Waals surface area contributed by atoms with E-state index in [1.165, 1.54) is 11.8 Å². The van der Waals surface area contributed by atoms with Crippen LogP contribution in [0.5, 0.6) is 0 Å². The number of benzene rings is 1. The van der Waals surface area contributed by atoms with Crippen LogP contribution in [-0.2, 0) is 6.54 Å². The average Bonchev–Trinajstić information content (AvgIpc) is 3.08. The first-order valence-corrected chi connectivity index (χ1v) is 9.87. The zero-order chi connectivity index (χ0) is 18.5. The quantitative estimate of drug-likeness (QED) is 0.303. The first-order valence-electron chi connectivity index (χ1n) is 7.81. The fourth-order valence-corrected chi connectivity index (χ4v) is 3.86. The number of thioether (sulfide) groups is 1. The van der Waals surface area contributed by atoms with Crippen LogP contribution in [-0.4, -0.2) is 36.6 Å². The summed E-state index contributed by atoms with van der Waals surface area (Å²) < 4.78 is 2.84. The van der Waals surface area contributed by atoms with Gasteiger partial charge in [0.15, 0.2) is 5.82 Å². The van der Waals surface area contributed by atoms with Gasteiger partial charge in [-0.25, -0.2) is 9.78 Å². The first-order chi connectivity index (χ1) is 12.5. The van der Waals surface area contributed by atoms with Gasteiger partial charge in [-0.15, -0.1) is 22.0 Å². The van der Waals surface area contributed by atoms with Crippen LogP contribution in [0.4, 0.5) is 5.82 Å². The highest BCUT2D eigenvalue weighted by Crippen LogP contribution is 2.26. The number of carbonyl (C=O) groups is 1. The van der Waals surface area contributed by atoms with E-state index in [2.05, 4.69) is 37.8 Å². The van der Waals surface area contributed by atoms with Crippen LogP contribution in [0.1, 0.15) is 16.8 Å². The number of pyridine rings is 1. The SMILES string of the molecule is Nc1cccc(-c2nncn2CCCSc2ccc(I)cc2C(=O)O)n1. The lowest BCUT2D eigenvalue weighted by Gasteiger charge is -2.08. The summed E-state index contributed by atoms with van der Waals surface area (Å²) in [5, 5.41) is 17.4. The van der Waals surface area contributed by atoms with Gasteiger partial charge in [0.05, 0.1) is 5.56 Å². The average molecular weight is 481 g/mol. The second kappa shape index (κ2) is 8.49. The minimum Gasteiger partial charge on any atom is -0.478 e. The van der Waals surface area contributed by atoms with Crippen molar-refractivity contribution in [3.63, 3.8) is 0 Å². The van der Waals surface area contributed by atoms with Gasteiger partial charge in [-0.1, -0.05) is 6.07 Å². The van der Waals surface area contributed by atoms with E-state index >= 15 is 0 Å². The number of aryl methyl sites for hydroxylation is 1. The zero-order valence-electron chi connectivity index (χ0n) is 13.7. The van der Waals surface area contributed by atoms with Crippen LogP contribution in [0, 0.1) is 3.57 Å². The molecule has 0 bridgehead atoms. The third-order valence-electron chi connectivity index (χ3n) is 3.59. The molecule has 3 N–H and O–H groups in total. The van der Waals surface area contributed by atoms with E-state index < -0.39 is 5.97 Å². The molecule has 0 amide bonds. The van der Waals surface area contributed by atoms with Crippen LogP contribution >= 0.6 is 34.4 Å². The van der Waals surface area contributed by atoms with Gasteiger partial charge in [-0.3, -0.25) is 0 Å². The number of aromatic carboxylic acids is 1. The van der Waals surface area contributed by atoms with Gasteiger partial charge in [0.25, 0.3) is 0 Å². The number of hydrogen-bond acceptors (Lipinski definition) is 6. The Balaban J connectivity index is 1.62. The number of anilines is 1. The van der Waals surface area contributed by atoms with Crippen LogP contribution in [0.15, 0.2) is 47.6 Å². The summed E-state index contributed by atoms with van der Waals surface area (Å²) in [6.07, 6.45) is 2.50. The van der Waals surface area contributed by atoms with E-state index in [9.17, 15) is 9.90 Å². The smallest absolute Gasteiger partial charge is 0.336 e. The van der Waals surface area contributed by atoms with E-state index in [4.69, 9.17) is 5.73 Å². The third kappa shape index (κ3) is 4.52. The molecule has 9 heteroatoms. The highest BCUT2D eigenvalue weighted by molar-refractivity contribution is 14.1. The highest BCUT2D eigenvalue weighted by Gasteiger charge is 2.12. The third-order valence-corrected chi connectivity index (χ3v) is 5.42. The number of halogens is 1. The number of rotatable bonds is 7. The summed E-state index contributed by atoms with van der Waals surface area (Å²) in [5.74, 6) is 0.984. The second-order valence-electron chi connectivity index (χ2n) is 5.44. The van der Waals surface area contributed by atoms with Crippen LogP contribution in [0.3, 0.4) is 0 Å². The van der Waals surface area contributed by atoms with Gasteiger partial charge in [-0.2, -0.15) is 0 Å². The maximum Gasteiger partial charge on any atom is 0.336 e. The van der Waals surface area contributed by atoms with Gasteiger partial charge < -0.3 is 15.4 Å². The molecule has 2 heterocycles. The normalized spacial score (nSPS) is 10.8. The molecule has 0 radical (unpaired) electrons. The molecule has 1 aromatic carbocycles. The molecule has 3 rings (SSSR count). The van der Waals surface area contributed by atoms with Crippen LogP contribution in [0.2, 0.25) is 0 Å². The molecule has 0 atom stereocenters. The number of carboxylic acid groups (broad SMARTS) is 1. The van der Waals surface area contributed by atoms with E-state index in [0.717, 1.165) is 20.6 Å². The molecule has 0 aliphatic rings. The Kier molecular flexibility index (Phi) is 6.09. The summed E-state index contributed by atoms with van der Waals surface area (Å²) in [5.41, 5.74) is 6.75. The first kappa shape index (κ1) is 18.6. The molecular formula is C17H16IN5O2S. The van der Waals surface area contributed by atoms with Crippen molar-refractivity contribution in [1.29, 1.82) is 0 Å². The minimum absolute atomic E-state index is 0.343. The Morgan fingerprint density at radius 3 is 2.92 bits per heavy atom. The molecule has 0 spiro atoms. The predicted molar refractivity (Wildman–Crippen MR) is 109 cm³/mol. The lowest BCUT2D eigenvalue weighted by atomic mass is 10.2. The molecule has 134 valence electrons. The molecule has 0 unspecified atom stereocenters. The largest absolute Gasteiger partial charge is 0.478 e. The Labute approximate surface area is 168 Å². The van der Waals surface area contributed by atoms with Crippen LogP contribution in [0.25, 0.3) is 11.5 Å². The number of carboxylic acids is 1. The summed E-state index contributed by atoms with van der Waals surface area (Å²) >= 11 is 3.65. The van der Waals surface area contributed by atoms with Gasteiger partial charge in [0, 0.05) is 15.0 Å². The fraction of sp³-hybridized carbons (Fsp3) is 0.176. The predicted octanol–water partition coefficient (Wildman–Crippen LogP) is 3.41. The summed E-state index contributed by atoms with van der Waals surface area (Å²) in [4.78, 5) is 16.4. The topological polar surface area (TPSA) is 107 Å². The summed E-state index contributed by atoms with van der Waals surface area (Å²) in [6.45, 7) is 0.707. The molecular weight excluding hydrogens is 465 g/mol. The van der Waals surface area contributed by atoms with Crippen molar-refractivity contribution in [3.8, 4) is 11.5 Å². The molecule has 0 aliphatic carbocycles. The van der Waals surface area contributed by atoms with Crippen LogP contribution < -0.4 is 5.73 Å². The number of nitrogen functional groups attached to an aromatic ring is 1. The van der Waals surface area contributed by atoms with Crippen molar-refractivity contribution in [2.24, 2.45) is 0 Å². The van der Waals surface area contributed by atoms with E-state index in [1.54, 1.807) is 18.5 Å².